The van der Waals surface area contributed by atoms with Crippen LogP contribution in [0.25, 0.3) is 22.2 Å². The number of carbonyl (C=O) groups excluding carboxylic acids is 4. The molecule has 5 atom stereocenters. The minimum atomic E-state index is -3.94. The highest BCUT2D eigenvalue weighted by Gasteiger charge is 2.62. The Labute approximate surface area is 362 Å². The van der Waals surface area contributed by atoms with Gasteiger partial charge in [-0.3, -0.25) is 23.9 Å². The van der Waals surface area contributed by atoms with Crippen molar-refractivity contribution in [3.8, 4) is 22.8 Å². The Morgan fingerprint density at radius 3 is 2.34 bits per heavy atom. The fraction of sp³-hybridized carbons (Fsp3) is 0.511. The number of nitrogens with one attached hydrogen (secondary N) is 2. The van der Waals surface area contributed by atoms with E-state index in [0.29, 0.717) is 66.9 Å². The molecular weight excluding hydrogens is 817 g/mol. The second-order valence-corrected chi connectivity index (χ2v) is 20.0. The zero-order valence-corrected chi connectivity index (χ0v) is 36.7. The number of benzene rings is 2. The number of likely N-dealkylation sites (tertiary alicyclic amines) is 2. The van der Waals surface area contributed by atoms with E-state index in [0.717, 1.165) is 5.56 Å². The van der Waals surface area contributed by atoms with Gasteiger partial charge in [0.1, 0.15) is 29.2 Å². The number of carbonyl (C=O) groups is 5. The maximum atomic E-state index is 15.0. The van der Waals surface area contributed by atoms with E-state index in [4.69, 9.17) is 14.5 Å². The van der Waals surface area contributed by atoms with Gasteiger partial charge < -0.3 is 34.6 Å². The summed E-state index contributed by atoms with van der Waals surface area (Å²) in [5, 5.41) is 12.3. The van der Waals surface area contributed by atoms with Crippen LogP contribution in [0.5, 0.6) is 11.5 Å². The standard InChI is InChI=1S/C45H56N6O10S/c1-7-28-25-45(28,42(55)48-62(58,59)32-14-15-32)47-40(53)37-22-31(61-38-24-35(27-11-9-8-10-12-27)46-36-21-30(60-6)13-16-33(36)38)26-51(37)41(54)34(44(2,3)4)23-39(52)50-19-17-29(18-20-50)49(5)43(56)57/h7-13,16,21,24,28-29,31-32,34,37H,1,14-15,17-20,22-23,25-26H2,2-6H3,(H,47,53)(H,48,55)(H,56,57)/t28-,31-,34-,37+,45-/m1/s1. The minimum absolute atomic E-state index is 0.0183. The molecule has 3 heterocycles. The second kappa shape index (κ2) is 17.2. The van der Waals surface area contributed by atoms with Crippen LogP contribution in [0, 0.1) is 17.3 Å². The van der Waals surface area contributed by atoms with Crippen molar-refractivity contribution in [2.45, 2.75) is 94.7 Å². The number of ether oxygens (including phenoxy) is 2. The lowest BCUT2D eigenvalue weighted by Gasteiger charge is -2.38. The molecule has 2 saturated carbocycles. The molecule has 7 rings (SSSR count). The molecule has 0 radical (unpaired) electrons. The van der Waals surface area contributed by atoms with Gasteiger partial charge in [0, 0.05) is 68.0 Å². The number of sulfonamides is 1. The van der Waals surface area contributed by atoms with E-state index >= 15 is 4.79 Å². The van der Waals surface area contributed by atoms with E-state index in [-0.39, 0.29) is 37.8 Å². The van der Waals surface area contributed by atoms with Crippen molar-refractivity contribution >= 4 is 50.6 Å². The molecule has 5 amide bonds. The van der Waals surface area contributed by atoms with E-state index in [2.05, 4.69) is 16.6 Å². The van der Waals surface area contributed by atoms with Crippen molar-refractivity contribution in [3.05, 3.63) is 67.3 Å². The topological polar surface area (TPSA) is 205 Å². The first kappa shape index (κ1) is 44.3. The van der Waals surface area contributed by atoms with Crippen molar-refractivity contribution in [1.82, 2.24) is 29.7 Å². The third-order valence-electron chi connectivity index (χ3n) is 12.8. The summed E-state index contributed by atoms with van der Waals surface area (Å²) in [6.45, 7) is 10.0. The number of rotatable bonds is 14. The fourth-order valence-corrected chi connectivity index (χ4v) is 10.0. The number of methoxy groups -OCH3 is 1. The highest BCUT2D eigenvalue weighted by atomic mass is 32.2. The average molecular weight is 873 g/mol. The number of piperidine rings is 1. The molecule has 0 unspecified atom stereocenters. The van der Waals surface area contributed by atoms with E-state index < -0.39 is 74.0 Å². The van der Waals surface area contributed by atoms with Crippen LogP contribution >= 0.6 is 0 Å². The molecule has 2 saturated heterocycles. The predicted molar refractivity (Wildman–Crippen MR) is 230 cm³/mol. The van der Waals surface area contributed by atoms with E-state index in [1.54, 1.807) is 24.1 Å². The Bertz CT molecular complexity index is 2360. The molecule has 3 aromatic rings. The monoisotopic (exact) mass is 872 g/mol. The Balaban J connectivity index is 1.19. The quantitative estimate of drug-likeness (QED) is 0.191. The van der Waals surface area contributed by atoms with E-state index in [1.807, 2.05) is 63.2 Å². The molecule has 0 bridgehead atoms. The number of aromatic nitrogens is 1. The van der Waals surface area contributed by atoms with Gasteiger partial charge in [-0.05, 0) is 49.7 Å². The van der Waals surface area contributed by atoms with Crippen molar-refractivity contribution in [2.75, 3.05) is 33.8 Å². The lowest BCUT2D eigenvalue weighted by molar-refractivity contribution is -0.149. The van der Waals surface area contributed by atoms with Crippen LogP contribution in [0.2, 0.25) is 0 Å². The third-order valence-corrected chi connectivity index (χ3v) is 14.6. The molecule has 1 aromatic heterocycles. The van der Waals surface area contributed by atoms with Crippen LogP contribution in [0.15, 0.2) is 67.3 Å². The molecule has 0 spiro atoms. The Morgan fingerprint density at radius 2 is 1.74 bits per heavy atom. The van der Waals surface area contributed by atoms with Gasteiger partial charge in [-0.1, -0.05) is 57.2 Å². The summed E-state index contributed by atoms with van der Waals surface area (Å²) >= 11 is 0. The molecule has 2 aromatic carbocycles. The normalized spacial score (nSPS) is 23.3. The molecule has 62 heavy (non-hydrogen) atoms. The summed E-state index contributed by atoms with van der Waals surface area (Å²) < 4.78 is 40.1. The van der Waals surface area contributed by atoms with Gasteiger partial charge in [0.2, 0.25) is 27.7 Å². The van der Waals surface area contributed by atoms with Gasteiger partial charge in [-0.25, -0.2) is 18.2 Å². The number of hydrogen-bond acceptors (Lipinski definition) is 10. The highest BCUT2D eigenvalue weighted by molar-refractivity contribution is 7.91. The van der Waals surface area contributed by atoms with E-state index in [9.17, 15) is 32.7 Å². The summed E-state index contributed by atoms with van der Waals surface area (Å²) in [5.74, 6) is -2.59. The number of fused-ring (bicyclic) bond motifs is 1. The number of carboxylic acid groups (broad SMARTS) is 1. The zero-order valence-electron chi connectivity index (χ0n) is 35.8. The summed E-state index contributed by atoms with van der Waals surface area (Å²) in [7, 11) is -0.858. The van der Waals surface area contributed by atoms with Crippen molar-refractivity contribution in [1.29, 1.82) is 0 Å². The van der Waals surface area contributed by atoms with Gasteiger partial charge in [0.05, 0.1) is 36.0 Å². The minimum Gasteiger partial charge on any atom is -0.497 e. The second-order valence-electron chi connectivity index (χ2n) is 18.0. The van der Waals surface area contributed by atoms with Gasteiger partial charge in [-0.2, -0.15) is 0 Å². The first-order valence-corrected chi connectivity index (χ1v) is 22.6. The number of hydrogen-bond donors (Lipinski definition) is 3. The van der Waals surface area contributed by atoms with Gasteiger partial charge in [-0.15, -0.1) is 6.58 Å². The van der Waals surface area contributed by atoms with Crippen molar-refractivity contribution in [3.63, 3.8) is 0 Å². The third kappa shape index (κ3) is 9.22. The summed E-state index contributed by atoms with van der Waals surface area (Å²) in [5.41, 5.74) is -0.261. The number of amides is 5. The molecule has 332 valence electrons. The Hall–Kier alpha value is -5.71. The summed E-state index contributed by atoms with van der Waals surface area (Å²) in [6.07, 6.45) is 1.53. The van der Waals surface area contributed by atoms with Crippen LogP contribution in [-0.2, 0) is 29.2 Å². The Kier molecular flexibility index (Phi) is 12.3. The number of pyridine rings is 1. The molecule has 2 aliphatic carbocycles. The fourth-order valence-electron chi connectivity index (χ4n) is 8.66. The van der Waals surface area contributed by atoms with Crippen LogP contribution < -0.4 is 19.5 Å². The van der Waals surface area contributed by atoms with Crippen LogP contribution in [0.4, 0.5) is 4.79 Å². The van der Waals surface area contributed by atoms with Gasteiger partial charge >= 0.3 is 6.09 Å². The molecule has 4 aliphatic rings. The van der Waals surface area contributed by atoms with Crippen LogP contribution in [-0.4, -0.2) is 126 Å². The maximum Gasteiger partial charge on any atom is 0.407 e. The summed E-state index contributed by atoms with van der Waals surface area (Å²) in [6, 6.07) is 15.4. The molecule has 4 fully saturated rings. The lowest BCUT2D eigenvalue weighted by atomic mass is 9.77. The van der Waals surface area contributed by atoms with Crippen molar-refractivity contribution < 1.29 is 47.0 Å². The largest absolute Gasteiger partial charge is 0.497 e. The summed E-state index contributed by atoms with van der Waals surface area (Å²) in [4.78, 5) is 78.1. The zero-order chi connectivity index (χ0) is 44.7. The van der Waals surface area contributed by atoms with Crippen LogP contribution in [0.1, 0.15) is 65.7 Å². The Morgan fingerprint density at radius 1 is 1.05 bits per heavy atom. The highest BCUT2D eigenvalue weighted by Crippen LogP contribution is 2.46. The SMILES string of the molecule is C=C[C@@H]1C[C@]1(NC(=O)[C@@H]1C[C@@H](Oc2cc(-c3ccccc3)nc3cc(OC)ccc23)CN1C(=O)[C@@H](CC(=O)N1CCC(N(C)C(=O)O)CC1)C(C)(C)C)C(=O)NS(=O)(=O)C1CC1. The molecule has 2 aliphatic heterocycles. The molecule has 16 nitrogen and oxygen atoms in total. The lowest BCUT2D eigenvalue weighted by Crippen LogP contribution is -2.57. The predicted octanol–water partition coefficient (Wildman–Crippen LogP) is 4.58. The van der Waals surface area contributed by atoms with Gasteiger partial charge in [0.25, 0.3) is 5.91 Å². The average Bonchev–Trinajstić information content (AvgIpc) is 4.18. The molecule has 3 N–H and O–H groups in total. The molecule has 17 heteroatoms. The van der Waals surface area contributed by atoms with E-state index in [1.165, 1.54) is 22.9 Å². The van der Waals surface area contributed by atoms with Gasteiger partial charge in [0.15, 0.2) is 0 Å². The smallest absolute Gasteiger partial charge is 0.407 e. The van der Waals surface area contributed by atoms with Crippen molar-refractivity contribution in [2.24, 2.45) is 17.3 Å². The molecular formula is C45H56N6O10S. The first-order chi connectivity index (χ1) is 29.3. The maximum absolute atomic E-state index is 15.0. The van der Waals surface area contributed by atoms with Crippen LogP contribution in [0.3, 0.4) is 0 Å². The first-order valence-electron chi connectivity index (χ1n) is 21.1. The number of nitrogens with zero attached hydrogens (tertiary/aromatic N) is 4.